The summed E-state index contributed by atoms with van der Waals surface area (Å²) in [6.45, 7) is 3.26. The predicted octanol–water partition coefficient (Wildman–Crippen LogP) is 5.08. The highest BCUT2D eigenvalue weighted by Gasteiger charge is 2.47. The van der Waals surface area contributed by atoms with Crippen molar-refractivity contribution >= 4 is 41.4 Å². The van der Waals surface area contributed by atoms with Crippen molar-refractivity contribution in [2.75, 3.05) is 11.4 Å². The molecule has 2 unspecified atom stereocenters. The highest BCUT2D eigenvalue weighted by Crippen LogP contribution is 2.41. The van der Waals surface area contributed by atoms with E-state index in [0.717, 1.165) is 24.0 Å². The van der Waals surface area contributed by atoms with Crippen molar-refractivity contribution in [3.8, 4) is 0 Å². The van der Waals surface area contributed by atoms with Crippen LogP contribution >= 0.6 is 0 Å². The Morgan fingerprint density at radius 3 is 2.06 bits per heavy atom. The fourth-order valence-corrected chi connectivity index (χ4v) is 7.14. The quantitative estimate of drug-likeness (QED) is 0.218. The molecule has 1 saturated heterocycles. The van der Waals surface area contributed by atoms with Gasteiger partial charge in [0.15, 0.2) is 0 Å². The van der Waals surface area contributed by atoms with Crippen molar-refractivity contribution < 1.29 is 29.1 Å². The molecule has 10 heteroatoms. The van der Waals surface area contributed by atoms with Crippen LogP contribution < -0.4 is 15.5 Å². The van der Waals surface area contributed by atoms with Crippen LogP contribution in [-0.2, 0) is 36.8 Å². The van der Waals surface area contributed by atoms with Crippen molar-refractivity contribution in [3.05, 3.63) is 107 Å². The van der Waals surface area contributed by atoms with Gasteiger partial charge in [-0.3, -0.25) is 24.1 Å². The number of hydrogen-bond acceptors (Lipinski definition) is 5. The molecule has 1 aliphatic heterocycles. The van der Waals surface area contributed by atoms with Crippen LogP contribution in [0.4, 0.5) is 5.69 Å². The number of benzene rings is 3. The van der Waals surface area contributed by atoms with E-state index in [1.165, 1.54) is 19.9 Å². The van der Waals surface area contributed by atoms with E-state index in [2.05, 4.69) is 10.6 Å². The molecule has 1 saturated carbocycles. The summed E-state index contributed by atoms with van der Waals surface area (Å²) < 4.78 is 0. The molecule has 2 atom stereocenters. The minimum Gasteiger partial charge on any atom is -0.477 e. The first-order valence-electron chi connectivity index (χ1n) is 16.9. The lowest BCUT2D eigenvalue weighted by Gasteiger charge is -2.31. The minimum atomic E-state index is -1.27. The second-order valence-electron chi connectivity index (χ2n) is 13.0. The highest BCUT2D eigenvalue weighted by molar-refractivity contribution is 6.03. The van der Waals surface area contributed by atoms with Gasteiger partial charge in [0.05, 0.1) is 5.41 Å². The number of hydrogen-bond donors (Lipinski definition) is 3. The lowest BCUT2D eigenvalue weighted by atomic mass is 9.81. The molecule has 3 aromatic rings. The molecule has 0 bridgehead atoms. The number of amides is 4. The molecule has 1 aliphatic carbocycles. The molecule has 3 N–H and O–H groups in total. The number of aliphatic carboxylic acids is 1. The van der Waals surface area contributed by atoms with Crippen molar-refractivity contribution in [1.82, 2.24) is 15.5 Å². The van der Waals surface area contributed by atoms with Gasteiger partial charge in [0.2, 0.25) is 17.7 Å². The van der Waals surface area contributed by atoms with Gasteiger partial charge in [-0.2, -0.15) is 0 Å². The Morgan fingerprint density at radius 2 is 1.49 bits per heavy atom. The van der Waals surface area contributed by atoms with Gasteiger partial charge in [-0.1, -0.05) is 85.6 Å². The van der Waals surface area contributed by atoms with Crippen molar-refractivity contribution in [2.45, 2.75) is 77.4 Å². The molecule has 4 amide bonds. The summed E-state index contributed by atoms with van der Waals surface area (Å²) in [5.41, 5.74) is 2.16. The number of carbonyl (C=O) groups excluding carboxylic acids is 4. The summed E-state index contributed by atoms with van der Waals surface area (Å²) in [7, 11) is 0. The Balaban J connectivity index is 1.40. The lowest BCUT2D eigenvalue weighted by Crippen LogP contribution is -2.44. The summed E-state index contributed by atoms with van der Waals surface area (Å²) in [5, 5.41) is 15.4. The van der Waals surface area contributed by atoms with Crippen molar-refractivity contribution in [2.24, 2.45) is 5.41 Å². The van der Waals surface area contributed by atoms with Crippen molar-refractivity contribution in [3.63, 3.8) is 0 Å². The number of nitrogens with zero attached hydrogens (tertiary/aromatic N) is 2. The van der Waals surface area contributed by atoms with E-state index in [4.69, 9.17) is 0 Å². The number of carboxylic acid groups (broad SMARTS) is 1. The van der Waals surface area contributed by atoms with Gasteiger partial charge < -0.3 is 20.6 Å². The molecule has 49 heavy (non-hydrogen) atoms. The molecule has 0 aromatic heterocycles. The lowest BCUT2D eigenvalue weighted by molar-refractivity contribution is -0.137. The van der Waals surface area contributed by atoms with Gasteiger partial charge in [0, 0.05) is 32.5 Å². The second kappa shape index (κ2) is 15.8. The molecular formula is C39H44N4O6. The number of nitrogens with one attached hydrogen (secondary N) is 2. The Morgan fingerprint density at radius 1 is 0.878 bits per heavy atom. The van der Waals surface area contributed by atoms with E-state index >= 15 is 0 Å². The molecule has 2 fully saturated rings. The molecule has 256 valence electrons. The van der Waals surface area contributed by atoms with E-state index in [0.29, 0.717) is 56.3 Å². The first-order chi connectivity index (χ1) is 23.6. The third-order valence-electron chi connectivity index (χ3n) is 9.63. The average Bonchev–Trinajstić information content (AvgIpc) is 3.67. The Labute approximate surface area is 287 Å². The van der Waals surface area contributed by atoms with E-state index in [-0.39, 0.29) is 29.3 Å². The molecule has 1 heterocycles. The maximum absolute atomic E-state index is 14.2. The van der Waals surface area contributed by atoms with Crippen LogP contribution in [0.2, 0.25) is 0 Å². The smallest absolute Gasteiger partial charge is 0.352 e. The third kappa shape index (κ3) is 8.43. The zero-order valence-corrected chi connectivity index (χ0v) is 28.1. The van der Waals surface area contributed by atoms with Crippen LogP contribution in [0.5, 0.6) is 0 Å². The minimum absolute atomic E-state index is 0.179. The predicted molar refractivity (Wildman–Crippen MR) is 187 cm³/mol. The summed E-state index contributed by atoms with van der Waals surface area (Å²) in [6.07, 6.45) is 5.84. The summed E-state index contributed by atoms with van der Waals surface area (Å²) in [6, 6.07) is 25.8. The number of carboxylic acids is 1. The van der Waals surface area contributed by atoms with Crippen LogP contribution in [-0.4, -0.2) is 58.4 Å². The maximum atomic E-state index is 14.2. The normalized spacial score (nSPS) is 18.7. The Hall–Kier alpha value is -5.25. The zero-order chi connectivity index (χ0) is 35.0. The first-order valence-corrected chi connectivity index (χ1v) is 16.9. The van der Waals surface area contributed by atoms with Crippen LogP contribution in [0.25, 0.3) is 6.08 Å². The third-order valence-corrected chi connectivity index (χ3v) is 9.63. The molecule has 2 aliphatic rings. The SMILES string of the molecule is CC(=O)NCCC1(C(=O)N/C(=C\c2ccc(N3C(=O)C(Cc4ccccc4)N(C(C)=O)C3CCc3ccccc3)cc2)C(=O)O)CCCC1. The molecule has 10 nitrogen and oxygen atoms in total. The summed E-state index contributed by atoms with van der Waals surface area (Å²) in [5.74, 6) is -2.18. The van der Waals surface area contributed by atoms with Gasteiger partial charge in [-0.15, -0.1) is 0 Å². The fourth-order valence-electron chi connectivity index (χ4n) is 7.14. The molecule has 0 spiro atoms. The van der Waals surface area contributed by atoms with Gasteiger partial charge in [0.1, 0.15) is 17.9 Å². The first kappa shape index (κ1) is 35.1. The Bertz CT molecular complexity index is 1680. The van der Waals surface area contributed by atoms with Crippen LogP contribution in [0.3, 0.4) is 0 Å². The monoisotopic (exact) mass is 664 g/mol. The second-order valence-corrected chi connectivity index (χ2v) is 13.0. The Kier molecular flexibility index (Phi) is 11.3. The van der Waals surface area contributed by atoms with Gasteiger partial charge in [0.25, 0.3) is 5.91 Å². The molecular weight excluding hydrogens is 620 g/mol. The molecule has 5 rings (SSSR count). The fraction of sp³-hybridized carbons (Fsp3) is 0.359. The van der Waals surface area contributed by atoms with Crippen LogP contribution in [0.1, 0.15) is 69.1 Å². The summed E-state index contributed by atoms with van der Waals surface area (Å²) >= 11 is 0. The topological polar surface area (TPSA) is 136 Å². The van der Waals surface area contributed by atoms with E-state index in [9.17, 15) is 29.1 Å². The zero-order valence-electron chi connectivity index (χ0n) is 28.1. The number of carbonyl (C=O) groups is 5. The van der Waals surface area contributed by atoms with Gasteiger partial charge in [-0.05, 0) is 67.0 Å². The average molecular weight is 665 g/mol. The van der Waals surface area contributed by atoms with E-state index < -0.39 is 23.6 Å². The van der Waals surface area contributed by atoms with Crippen LogP contribution in [0, 0.1) is 5.41 Å². The standard InChI is InChI=1S/C39H44N4O6/c1-27(44)40-24-23-39(21-9-10-22-39)38(49)41-33(37(47)48)25-31-15-18-32(19-16-31)43-35(20-17-29-11-5-3-6-12-29)42(28(2)45)34(36(43)46)26-30-13-7-4-8-14-30/h3-8,11-16,18-19,25,34-35H,9-10,17,20-24,26H2,1-2H3,(H,40,44)(H,41,49)(H,47,48)/b33-25-. The number of rotatable bonds is 13. The largest absolute Gasteiger partial charge is 0.477 e. The van der Waals surface area contributed by atoms with Gasteiger partial charge >= 0.3 is 5.97 Å². The molecule has 3 aromatic carbocycles. The van der Waals surface area contributed by atoms with Crippen molar-refractivity contribution in [1.29, 1.82) is 0 Å². The summed E-state index contributed by atoms with van der Waals surface area (Å²) in [4.78, 5) is 67.8. The van der Waals surface area contributed by atoms with E-state index in [1.807, 2.05) is 60.7 Å². The maximum Gasteiger partial charge on any atom is 0.352 e. The highest BCUT2D eigenvalue weighted by atomic mass is 16.4. The number of anilines is 1. The molecule has 0 radical (unpaired) electrons. The van der Waals surface area contributed by atoms with Gasteiger partial charge in [-0.25, -0.2) is 4.79 Å². The van der Waals surface area contributed by atoms with Crippen LogP contribution in [0.15, 0.2) is 90.6 Å². The number of aryl methyl sites for hydroxylation is 1. The van der Waals surface area contributed by atoms with E-state index in [1.54, 1.807) is 34.1 Å².